The van der Waals surface area contributed by atoms with E-state index in [1.807, 2.05) is 0 Å². The number of hydrogen-bond donors (Lipinski definition) is 3. The fourth-order valence-electron chi connectivity index (χ4n) is 2.18. The second-order valence-electron chi connectivity index (χ2n) is 5.29. The minimum Gasteiger partial charge on any atom is -0.370 e. The van der Waals surface area contributed by atoms with Crippen molar-refractivity contribution in [2.24, 2.45) is 11.1 Å². The lowest BCUT2D eigenvalue weighted by Crippen LogP contribution is -2.55. The van der Waals surface area contributed by atoms with Gasteiger partial charge in [0.05, 0.1) is 12.6 Å². The lowest BCUT2D eigenvalue weighted by Gasteiger charge is -2.38. The topological polar surface area (TPSA) is 93.4 Å². The molecular formula is C12H23N3O3. The van der Waals surface area contributed by atoms with E-state index in [9.17, 15) is 9.59 Å². The van der Waals surface area contributed by atoms with Crippen LogP contribution >= 0.6 is 0 Å². The van der Waals surface area contributed by atoms with Crippen molar-refractivity contribution in [2.45, 2.75) is 32.7 Å². The van der Waals surface area contributed by atoms with Crippen LogP contribution in [-0.4, -0.2) is 44.2 Å². The predicted molar refractivity (Wildman–Crippen MR) is 67.8 cm³/mol. The zero-order valence-electron chi connectivity index (χ0n) is 11.1. The SMILES string of the molecule is CC1(C)CCCNC1C(=O)NCCOCC(N)=O. The zero-order valence-corrected chi connectivity index (χ0v) is 11.1. The minimum atomic E-state index is -0.503. The Kier molecular flexibility index (Phi) is 5.55. The summed E-state index contributed by atoms with van der Waals surface area (Å²) in [4.78, 5) is 22.4. The molecule has 2 amide bonds. The average Bonchev–Trinajstić information content (AvgIpc) is 2.27. The molecule has 0 aromatic heterocycles. The number of carbonyl (C=O) groups excluding carboxylic acids is 2. The summed E-state index contributed by atoms with van der Waals surface area (Å²) in [6.45, 7) is 5.63. The van der Waals surface area contributed by atoms with E-state index in [1.165, 1.54) is 0 Å². The Morgan fingerprint density at radius 2 is 2.22 bits per heavy atom. The number of ether oxygens (including phenoxy) is 1. The van der Waals surface area contributed by atoms with Crippen molar-refractivity contribution < 1.29 is 14.3 Å². The third-order valence-corrected chi connectivity index (χ3v) is 3.18. The van der Waals surface area contributed by atoms with Gasteiger partial charge >= 0.3 is 0 Å². The van der Waals surface area contributed by atoms with Crippen LogP contribution in [0.1, 0.15) is 26.7 Å². The molecule has 1 aliphatic heterocycles. The number of carbonyl (C=O) groups is 2. The molecule has 1 rings (SSSR count). The predicted octanol–water partition coefficient (Wildman–Crippen LogP) is -0.617. The first-order chi connectivity index (χ1) is 8.43. The average molecular weight is 257 g/mol. The van der Waals surface area contributed by atoms with Crippen LogP contribution in [0.4, 0.5) is 0 Å². The lowest BCUT2D eigenvalue weighted by molar-refractivity contribution is -0.127. The first kappa shape index (κ1) is 14.9. The molecule has 6 heteroatoms. The second-order valence-corrected chi connectivity index (χ2v) is 5.29. The summed E-state index contributed by atoms with van der Waals surface area (Å²) in [6, 6.07) is -0.164. The molecule has 18 heavy (non-hydrogen) atoms. The molecule has 1 aliphatic rings. The van der Waals surface area contributed by atoms with Crippen molar-refractivity contribution in [2.75, 3.05) is 26.3 Å². The van der Waals surface area contributed by atoms with E-state index in [0.29, 0.717) is 13.2 Å². The van der Waals surface area contributed by atoms with E-state index in [1.54, 1.807) is 0 Å². The first-order valence-electron chi connectivity index (χ1n) is 6.30. The van der Waals surface area contributed by atoms with Crippen LogP contribution in [0, 0.1) is 5.41 Å². The summed E-state index contributed by atoms with van der Waals surface area (Å²) >= 11 is 0. The van der Waals surface area contributed by atoms with Crippen LogP contribution < -0.4 is 16.4 Å². The summed E-state index contributed by atoms with van der Waals surface area (Å²) in [5, 5.41) is 6.04. The molecule has 1 heterocycles. The van der Waals surface area contributed by atoms with Gasteiger partial charge in [-0.15, -0.1) is 0 Å². The molecular weight excluding hydrogens is 234 g/mol. The molecule has 0 aromatic rings. The monoisotopic (exact) mass is 257 g/mol. The van der Waals surface area contributed by atoms with Crippen LogP contribution in [-0.2, 0) is 14.3 Å². The molecule has 1 atom stereocenters. The van der Waals surface area contributed by atoms with Crippen molar-refractivity contribution in [3.63, 3.8) is 0 Å². The number of piperidine rings is 1. The van der Waals surface area contributed by atoms with E-state index in [-0.39, 0.29) is 24.0 Å². The van der Waals surface area contributed by atoms with Crippen molar-refractivity contribution in [1.82, 2.24) is 10.6 Å². The summed E-state index contributed by atoms with van der Waals surface area (Å²) in [5.41, 5.74) is 4.89. The fraction of sp³-hybridized carbons (Fsp3) is 0.833. The molecule has 0 aliphatic carbocycles. The maximum Gasteiger partial charge on any atom is 0.243 e. The molecule has 0 spiro atoms. The van der Waals surface area contributed by atoms with Gasteiger partial charge < -0.3 is 21.1 Å². The largest absolute Gasteiger partial charge is 0.370 e. The maximum absolute atomic E-state index is 12.0. The first-order valence-corrected chi connectivity index (χ1v) is 6.30. The summed E-state index contributed by atoms with van der Waals surface area (Å²) < 4.78 is 4.98. The highest BCUT2D eigenvalue weighted by Gasteiger charge is 2.36. The van der Waals surface area contributed by atoms with E-state index in [4.69, 9.17) is 10.5 Å². The van der Waals surface area contributed by atoms with E-state index in [2.05, 4.69) is 24.5 Å². The molecule has 4 N–H and O–H groups in total. The third kappa shape index (κ3) is 4.62. The van der Waals surface area contributed by atoms with Crippen LogP contribution in [0.25, 0.3) is 0 Å². The Hall–Kier alpha value is -1.14. The standard InChI is InChI=1S/C12H23N3O3/c1-12(2)4-3-5-14-10(12)11(17)15-6-7-18-8-9(13)16/h10,14H,3-8H2,1-2H3,(H2,13,16)(H,15,17). The van der Waals surface area contributed by atoms with Gasteiger partial charge in [0.15, 0.2) is 0 Å². The van der Waals surface area contributed by atoms with Crippen LogP contribution in [0.15, 0.2) is 0 Å². The van der Waals surface area contributed by atoms with Gasteiger partial charge in [0.2, 0.25) is 11.8 Å². The maximum atomic E-state index is 12.0. The number of hydrogen-bond acceptors (Lipinski definition) is 4. The van der Waals surface area contributed by atoms with Gasteiger partial charge in [-0.25, -0.2) is 0 Å². The van der Waals surface area contributed by atoms with Crippen molar-refractivity contribution in [3.05, 3.63) is 0 Å². The third-order valence-electron chi connectivity index (χ3n) is 3.18. The van der Waals surface area contributed by atoms with Gasteiger partial charge in [-0.05, 0) is 24.8 Å². The molecule has 0 radical (unpaired) electrons. The van der Waals surface area contributed by atoms with Gasteiger partial charge in [0.1, 0.15) is 6.61 Å². The smallest absolute Gasteiger partial charge is 0.243 e. The molecule has 6 nitrogen and oxygen atoms in total. The Balaban J connectivity index is 2.25. The fourth-order valence-corrected chi connectivity index (χ4v) is 2.18. The second kappa shape index (κ2) is 6.70. The van der Waals surface area contributed by atoms with Crippen LogP contribution in [0.2, 0.25) is 0 Å². The molecule has 104 valence electrons. The van der Waals surface area contributed by atoms with E-state index >= 15 is 0 Å². The van der Waals surface area contributed by atoms with Crippen LogP contribution in [0.5, 0.6) is 0 Å². The van der Waals surface area contributed by atoms with Crippen LogP contribution in [0.3, 0.4) is 0 Å². The van der Waals surface area contributed by atoms with Gasteiger partial charge in [0.25, 0.3) is 0 Å². The van der Waals surface area contributed by atoms with E-state index in [0.717, 1.165) is 19.4 Å². The Labute approximate surface area is 108 Å². The molecule has 1 saturated heterocycles. The zero-order chi connectivity index (χ0) is 13.6. The molecule has 1 unspecified atom stereocenters. The summed E-state index contributed by atoms with van der Waals surface area (Å²) in [5.74, 6) is -0.515. The quantitative estimate of drug-likeness (QED) is 0.553. The molecule has 0 aromatic carbocycles. The van der Waals surface area contributed by atoms with Gasteiger partial charge in [-0.1, -0.05) is 13.8 Å². The molecule has 0 bridgehead atoms. The summed E-state index contributed by atoms with van der Waals surface area (Å²) in [6.07, 6.45) is 2.13. The molecule has 1 fully saturated rings. The van der Waals surface area contributed by atoms with Crippen molar-refractivity contribution in [3.8, 4) is 0 Å². The normalized spacial score (nSPS) is 22.4. The Morgan fingerprint density at radius 3 is 2.83 bits per heavy atom. The number of rotatable bonds is 6. The Morgan fingerprint density at radius 1 is 1.50 bits per heavy atom. The Bertz CT molecular complexity index is 305. The molecule has 0 saturated carbocycles. The minimum absolute atomic E-state index is 0.0117. The number of amides is 2. The van der Waals surface area contributed by atoms with Crippen molar-refractivity contribution in [1.29, 1.82) is 0 Å². The summed E-state index contributed by atoms with van der Waals surface area (Å²) in [7, 11) is 0. The highest BCUT2D eigenvalue weighted by atomic mass is 16.5. The number of nitrogens with one attached hydrogen (secondary N) is 2. The van der Waals surface area contributed by atoms with E-state index < -0.39 is 5.91 Å². The number of nitrogens with two attached hydrogens (primary N) is 1. The van der Waals surface area contributed by atoms with Gasteiger partial charge in [-0.3, -0.25) is 9.59 Å². The van der Waals surface area contributed by atoms with Crippen molar-refractivity contribution >= 4 is 11.8 Å². The van der Waals surface area contributed by atoms with Gasteiger partial charge in [0, 0.05) is 6.54 Å². The number of primary amides is 1. The lowest BCUT2D eigenvalue weighted by atomic mass is 9.77. The highest BCUT2D eigenvalue weighted by molar-refractivity contribution is 5.82. The highest BCUT2D eigenvalue weighted by Crippen LogP contribution is 2.29. The van der Waals surface area contributed by atoms with Gasteiger partial charge in [-0.2, -0.15) is 0 Å².